The van der Waals surface area contributed by atoms with Crippen LogP contribution in [0.5, 0.6) is 0 Å². The van der Waals surface area contributed by atoms with E-state index in [-0.39, 0.29) is 42.7 Å². The average molecular weight is 928 g/mol. The quantitative estimate of drug-likeness (QED) is 0.0259. The first-order valence-corrected chi connectivity index (χ1v) is 27.7. The Balaban J connectivity index is 4.21. The Morgan fingerprint density at radius 3 is 1.23 bits per heavy atom. The first-order chi connectivity index (χ1) is 32.1. The number of rotatable bonds is 50. The third-order valence-corrected chi connectivity index (χ3v) is 12.4. The van der Waals surface area contributed by atoms with Crippen LogP contribution in [0.25, 0.3) is 0 Å². The second kappa shape index (κ2) is 48.7. The number of quaternary nitrogens is 1. The third-order valence-electron chi connectivity index (χ3n) is 12.4. The molecule has 0 saturated carbocycles. The van der Waals surface area contributed by atoms with Crippen molar-refractivity contribution in [2.24, 2.45) is 0 Å². The van der Waals surface area contributed by atoms with Crippen LogP contribution in [0.4, 0.5) is 0 Å². The van der Waals surface area contributed by atoms with Gasteiger partial charge in [0.05, 0.1) is 40.3 Å². The van der Waals surface area contributed by atoms with Gasteiger partial charge in [-0.05, 0) is 77.0 Å². The van der Waals surface area contributed by atoms with Crippen molar-refractivity contribution in [3.8, 4) is 0 Å². The molecule has 0 heterocycles. The van der Waals surface area contributed by atoms with Gasteiger partial charge in [-0.2, -0.15) is 0 Å². The van der Waals surface area contributed by atoms with Crippen molar-refractivity contribution in [3.63, 3.8) is 0 Å². The fourth-order valence-electron chi connectivity index (χ4n) is 8.13. The second-order valence-electron chi connectivity index (χ2n) is 19.8. The van der Waals surface area contributed by atoms with Gasteiger partial charge in [-0.1, -0.05) is 204 Å². The van der Waals surface area contributed by atoms with Gasteiger partial charge in [0.25, 0.3) is 0 Å². The molecule has 0 aliphatic carbocycles. The number of carboxylic acids is 1. The van der Waals surface area contributed by atoms with Crippen molar-refractivity contribution in [1.82, 2.24) is 0 Å². The minimum Gasteiger partial charge on any atom is -0.544 e. The van der Waals surface area contributed by atoms with Crippen LogP contribution in [-0.2, 0) is 28.6 Å². The lowest BCUT2D eigenvalue weighted by atomic mass is 10.1. The summed E-state index contributed by atoms with van der Waals surface area (Å²) in [7, 11) is 5.42. The molecule has 0 aliphatic heterocycles. The van der Waals surface area contributed by atoms with Crippen molar-refractivity contribution >= 4 is 17.9 Å². The number of carbonyl (C=O) groups excluding carboxylic acids is 3. The summed E-state index contributed by atoms with van der Waals surface area (Å²) in [4.78, 5) is 37.1. The molecule has 2 atom stereocenters. The van der Waals surface area contributed by atoms with E-state index in [1.165, 1.54) is 161 Å². The van der Waals surface area contributed by atoms with Gasteiger partial charge >= 0.3 is 11.9 Å². The zero-order valence-electron chi connectivity index (χ0n) is 43.9. The molecule has 2 unspecified atom stereocenters. The summed E-state index contributed by atoms with van der Waals surface area (Å²) in [6, 6.07) is -0.729. The van der Waals surface area contributed by atoms with E-state index in [0.717, 1.165) is 57.8 Å². The molecule has 8 nitrogen and oxygen atoms in total. The maximum absolute atomic E-state index is 12.8. The van der Waals surface area contributed by atoms with E-state index in [1.54, 1.807) is 21.1 Å². The van der Waals surface area contributed by atoms with Gasteiger partial charge in [0.2, 0.25) is 0 Å². The number of carbonyl (C=O) groups is 3. The Morgan fingerprint density at radius 2 is 0.803 bits per heavy atom. The summed E-state index contributed by atoms with van der Waals surface area (Å²) >= 11 is 0. The van der Waals surface area contributed by atoms with Gasteiger partial charge in [-0.15, -0.1) is 0 Å². The lowest BCUT2D eigenvalue weighted by molar-refractivity contribution is -0.889. The Hall–Kier alpha value is -2.71. The van der Waals surface area contributed by atoms with Gasteiger partial charge in [0.15, 0.2) is 6.10 Å². The maximum Gasteiger partial charge on any atom is 0.306 e. The lowest BCUT2D eigenvalue weighted by Gasteiger charge is -2.34. The number of hydrogen-bond donors (Lipinski definition) is 0. The van der Waals surface area contributed by atoms with Crippen LogP contribution >= 0.6 is 0 Å². The van der Waals surface area contributed by atoms with Crippen molar-refractivity contribution in [2.75, 3.05) is 41.0 Å². The molecule has 0 aromatic carbocycles. The van der Waals surface area contributed by atoms with Gasteiger partial charge < -0.3 is 28.6 Å². The highest BCUT2D eigenvalue weighted by Gasteiger charge is 2.25. The number of ether oxygens (including phenoxy) is 3. The van der Waals surface area contributed by atoms with E-state index in [0.29, 0.717) is 12.8 Å². The predicted molar refractivity (Wildman–Crippen MR) is 277 cm³/mol. The molecule has 0 spiro atoms. The average Bonchev–Trinajstić information content (AvgIpc) is 3.28. The highest BCUT2D eigenvalue weighted by atomic mass is 16.6. The molecule has 384 valence electrons. The Morgan fingerprint density at radius 1 is 0.455 bits per heavy atom. The molecule has 0 aromatic rings. The molecule has 0 amide bonds. The molecule has 0 radical (unpaired) electrons. The number of unbranched alkanes of at least 4 members (excludes halogenated alkanes) is 28. The summed E-state index contributed by atoms with van der Waals surface area (Å²) < 4.78 is 17.3. The number of hydrogen-bond acceptors (Lipinski definition) is 7. The number of esters is 2. The largest absolute Gasteiger partial charge is 0.544 e. The first-order valence-electron chi connectivity index (χ1n) is 27.7. The highest BCUT2D eigenvalue weighted by molar-refractivity contribution is 5.70. The van der Waals surface area contributed by atoms with Crippen LogP contribution < -0.4 is 5.11 Å². The normalized spacial score (nSPS) is 13.2. The van der Waals surface area contributed by atoms with E-state index in [9.17, 15) is 19.5 Å². The van der Waals surface area contributed by atoms with Crippen molar-refractivity contribution < 1.29 is 38.2 Å². The standard InChI is InChI=1S/C58H105NO7/c1-6-8-10-12-14-16-18-20-22-24-26-28-29-31-32-34-36-38-40-42-44-46-48-56(60)65-53-54(52-64-51-50-55(58(62)63)59(3,4)5)66-57(61)49-47-45-43-41-39-37-35-33-30-27-25-23-21-19-17-15-13-11-9-7-2/h14,16,20,22,26-28,30,54-55H,6-13,15,17-19,21,23-25,29,31-53H2,1-5H3/b16-14+,22-20+,28-26+,30-27+. The molecule has 66 heavy (non-hydrogen) atoms. The number of aliphatic carboxylic acids is 1. The van der Waals surface area contributed by atoms with Crippen LogP contribution in [0, 0.1) is 0 Å². The van der Waals surface area contributed by atoms with Gasteiger partial charge in [-0.3, -0.25) is 9.59 Å². The van der Waals surface area contributed by atoms with E-state index < -0.39 is 18.1 Å². The Labute approximate surface area is 407 Å². The van der Waals surface area contributed by atoms with Crippen LogP contribution in [0.2, 0.25) is 0 Å². The number of carboxylic acid groups (broad SMARTS) is 1. The van der Waals surface area contributed by atoms with Crippen LogP contribution in [0.3, 0.4) is 0 Å². The van der Waals surface area contributed by atoms with Crippen LogP contribution in [-0.4, -0.2) is 75.5 Å². The number of allylic oxidation sites excluding steroid dienone is 8. The van der Waals surface area contributed by atoms with Crippen molar-refractivity contribution in [2.45, 2.75) is 264 Å². The van der Waals surface area contributed by atoms with Crippen molar-refractivity contribution in [1.29, 1.82) is 0 Å². The van der Waals surface area contributed by atoms with Gasteiger partial charge in [-0.25, -0.2) is 0 Å². The molecule has 0 fully saturated rings. The fraction of sp³-hybridized carbons (Fsp3) is 0.810. The zero-order valence-corrected chi connectivity index (χ0v) is 43.9. The molecule has 0 aromatic heterocycles. The Kier molecular flexibility index (Phi) is 46.7. The predicted octanol–water partition coefficient (Wildman–Crippen LogP) is 15.0. The lowest BCUT2D eigenvalue weighted by Crippen LogP contribution is -2.55. The fourth-order valence-corrected chi connectivity index (χ4v) is 8.13. The van der Waals surface area contributed by atoms with Gasteiger partial charge in [0.1, 0.15) is 12.6 Å². The first kappa shape index (κ1) is 63.3. The van der Waals surface area contributed by atoms with Crippen LogP contribution in [0.15, 0.2) is 48.6 Å². The number of nitrogens with zero attached hydrogens (tertiary/aromatic N) is 1. The third kappa shape index (κ3) is 46.4. The SMILES string of the molecule is CCCCC/C=C/C/C=C/C/C=C/CCCCCCCCCCCC(=O)OCC(COCCC(C(=O)[O-])[N+](C)(C)C)OC(=O)CCCCCCCCC/C=C/CCCCCCCCCCC. The summed E-state index contributed by atoms with van der Waals surface area (Å²) in [6.07, 6.45) is 60.0. The minimum absolute atomic E-state index is 0.0379. The van der Waals surface area contributed by atoms with Crippen molar-refractivity contribution in [3.05, 3.63) is 48.6 Å². The summed E-state index contributed by atoms with van der Waals surface area (Å²) in [6.45, 7) is 4.66. The van der Waals surface area contributed by atoms with Crippen LogP contribution in [0.1, 0.15) is 251 Å². The molecule has 0 rings (SSSR count). The topological polar surface area (TPSA) is 102 Å². The maximum atomic E-state index is 12.8. The number of likely N-dealkylation sites (N-methyl/N-ethyl adjacent to an activating group) is 1. The minimum atomic E-state index is -1.12. The van der Waals surface area contributed by atoms with E-state index in [2.05, 4.69) is 62.5 Å². The zero-order chi connectivity index (χ0) is 48.4. The highest BCUT2D eigenvalue weighted by Crippen LogP contribution is 2.15. The Bertz CT molecular complexity index is 1220. The summed E-state index contributed by atoms with van der Waals surface area (Å²) in [5.74, 6) is -1.74. The second-order valence-corrected chi connectivity index (χ2v) is 19.8. The monoisotopic (exact) mass is 928 g/mol. The molecular formula is C58H105NO7. The molecular weight excluding hydrogens is 823 g/mol. The molecule has 0 N–H and O–H groups in total. The van der Waals surface area contributed by atoms with E-state index in [1.807, 2.05) is 0 Å². The molecule has 8 heteroatoms. The van der Waals surface area contributed by atoms with E-state index >= 15 is 0 Å². The van der Waals surface area contributed by atoms with E-state index in [4.69, 9.17) is 14.2 Å². The molecule has 0 saturated heterocycles. The summed E-state index contributed by atoms with van der Waals surface area (Å²) in [5.41, 5.74) is 0. The smallest absolute Gasteiger partial charge is 0.306 e. The van der Waals surface area contributed by atoms with Gasteiger partial charge in [0, 0.05) is 19.3 Å². The molecule has 0 aliphatic rings. The summed E-state index contributed by atoms with van der Waals surface area (Å²) in [5, 5.41) is 11.7. The molecule has 0 bridgehead atoms.